The lowest BCUT2D eigenvalue weighted by Gasteiger charge is -2.07. The summed E-state index contributed by atoms with van der Waals surface area (Å²) < 4.78 is 43.9. The number of hydrogen-bond acceptors (Lipinski definition) is 3. The standard InChI is InChI=1S/C8H4F3NO2/c9-8(10,11)14-5-1-2-6-7(3-5)13-4-12-6/h1-4H. The molecule has 0 fully saturated rings. The summed E-state index contributed by atoms with van der Waals surface area (Å²) >= 11 is 0. The van der Waals surface area contributed by atoms with E-state index in [0.717, 1.165) is 12.5 Å². The van der Waals surface area contributed by atoms with Crippen LogP contribution in [0.2, 0.25) is 0 Å². The molecule has 1 heterocycles. The average molecular weight is 203 g/mol. The second-order valence-electron chi connectivity index (χ2n) is 2.53. The van der Waals surface area contributed by atoms with Crippen LogP contribution in [0.15, 0.2) is 29.0 Å². The Labute approximate surface area is 76.1 Å². The molecule has 0 spiro atoms. The molecule has 74 valence electrons. The van der Waals surface area contributed by atoms with Crippen LogP contribution in [0.5, 0.6) is 5.75 Å². The summed E-state index contributed by atoms with van der Waals surface area (Å²) in [6.45, 7) is 0. The molecule has 0 amide bonds. The quantitative estimate of drug-likeness (QED) is 0.714. The molecule has 14 heavy (non-hydrogen) atoms. The third-order valence-electron chi connectivity index (χ3n) is 1.54. The monoisotopic (exact) mass is 203 g/mol. The summed E-state index contributed by atoms with van der Waals surface area (Å²) in [4.78, 5) is 3.75. The topological polar surface area (TPSA) is 35.3 Å². The molecule has 0 atom stereocenters. The van der Waals surface area contributed by atoms with Crippen LogP contribution in [0.3, 0.4) is 0 Å². The fourth-order valence-electron chi connectivity index (χ4n) is 1.03. The second kappa shape index (κ2) is 2.90. The van der Waals surface area contributed by atoms with Gasteiger partial charge in [0.2, 0.25) is 0 Å². The van der Waals surface area contributed by atoms with Crippen LogP contribution < -0.4 is 4.74 Å². The molecule has 0 aliphatic rings. The maximum Gasteiger partial charge on any atom is 0.573 e. The van der Waals surface area contributed by atoms with Crippen LogP contribution in [0.1, 0.15) is 0 Å². The Hall–Kier alpha value is -1.72. The number of nitrogens with zero attached hydrogens (tertiary/aromatic N) is 1. The molecule has 0 saturated carbocycles. The lowest BCUT2D eigenvalue weighted by molar-refractivity contribution is -0.274. The van der Waals surface area contributed by atoms with E-state index in [4.69, 9.17) is 4.42 Å². The van der Waals surface area contributed by atoms with Crippen LogP contribution in [0, 0.1) is 0 Å². The van der Waals surface area contributed by atoms with Crippen LogP contribution in [-0.4, -0.2) is 11.3 Å². The fourth-order valence-corrected chi connectivity index (χ4v) is 1.03. The Morgan fingerprint density at radius 3 is 2.79 bits per heavy atom. The van der Waals surface area contributed by atoms with E-state index in [9.17, 15) is 13.2 Å². The molecule has 0 unspecified atom stereocenters. The van der Waals surface area contributed by atoms with Gasteiger partial charge in [-0.15, -0.1) is 13.2 Å². The molecule has 6 heteroatoms. The van der Waals surface area contributed by atoms with Gasteiger partial charge in [0, 0.05) is 6.07 Å². The van der Waals surface area contributed by atoms with Crippen LogP contribution in [0.25, 0.3) is 11.1 Å². The van der Waals surface area contributed by atoms with Crippen molar-refractivity contribution in [2.45, 2.75) is 6.36 Å². The number of fused-ring (bicyclic) bond motifs is 1. The number of ether oxygens (including phenoxy) is 1. The summed E-state index contributed by atoms with van der Waals surface area (Å²) in [5, 5.41) is 0. The minimum absolute atomic E-state index is 0.256. The van der Waals surface area contributed by atoms with Crippen LogP contribution in [0.4, 0.5) is 13.2 Å². The molecule has 1 aromatic carbocycles. The van der Waals surface area contributed by atoms with Crippen LogP contribution in [-0.2, 0) is 0 Å². The molecule has 1 aromatic heterocycles. The van der Waals surface area contributed by atoms with E-state index in [1.54, 1.807) is 0 Å². The summed E-state index contributed by atoms with van der Waals surface area (Å²) in [6.07, 6.45) is -3.53. The summed E-state index contributed by atoms with van der Waals surface area (Å²) in [5.74, 6) is -0.318. The molecular formula is C8H4F3NO2. The van der Waals surface area contributed by atoms with Gasteiger partial charge in [-0.05, 0) is 12.1 Å². The Kier molecular flexibility index (Phi) is 1.83. The lowest BCUT2D eigenvalue weighted by Crippen LogP contribution is -2.16. The number of rotatable bonds is 1. The zero-order valence-electron chi connectivity index (χ0n) is 6.71. The van der Waals surface area contributed by atoms with E-state index in [-0.39, 0.29) is 11.3 Å². The van der Waals surface area contributed by atoms with Gasteiger partial charge in [-0.3, -0.25) is 0 Å². The normalized spacial score (nSPS) is 11.9. The maximum atomic E-state index is 11.8. The van der Waals surface area contributed by atoms with Crippen molar-refractivity contribution in [3.05, 3.63) is 24.6 Å². The van der Waals surface area contributed by atoms with Gasteiger partial charge in [0.25, 0.3) is 0 Å². The van der Waals surface area contributed by atoms with Crippen molar-refractivity contribution in [2.24, 2.45) is 0 Å². The van der Waals surface area contributed by atoms with Crippen molar-refractivity contribution in [3.8, 4) is 5.75 Å². The highest BCUT2D eigenvalue weighted by atomic mass is 19.4. The molecular weight excluding hydrogens is 199 g/mol. The van der Waals surface area contributed by atoms with Gasteiger partial charge in [-0.25, -0.2) is 4.98 Å². The van der Waals surface area contributed by atoms with Gasteiger partial charge in [0.05, 0.1) is 0 Å². The highest BCUT2D eigenvalue weighted by Crippen LogP contribution is 2.25. The fraction of sp³-hybridized carbons (Fsp3) is 0.125. The van der Waals surface area contributed by atoms with Gasteiger partial charge in [0.15, 0.2) is 12.0 Å². The Bertz CT molecular complexity index is 449. The predicted molar refractivity (Wildman–Crippen MR) is 40.7 cm³/mol. The molecule has 2 aromatic rings. The largest absolute Gasteiger partial charge is 0.573 e. The predicted octanol–water partition coefficient (Wildman–Crippen LogP) is 2.73. The van der Waals surface area contributed by atoms with Gasteiger partial charge in [-0.2, -0.15) is 0 Å². The van der Waals surface area contributed by atoms with E-state index in [0.29, 0.717) is 5.52 Å². The van der Waals surface area contributed by atoms with Crippen molar-refractivity contribution < 1.29 is 22.3 Å². The van der Waals surface area contributed by atoms with Gasteiger partial charge in [-0.1, -0.05) is 0 Å². The number of aromatic nitrogens is 1. The van der Waals surface area contributed by atoms with E-state index >= 15 is 0 Å². The maximum absolute atomic E-state index is 11.8. The molecule has 0 radical (unpaired) electrons. The molecule has 0 bridgehead atoms. The third kappa shape index (κ3) is 1.78. The van der Waals surface area contributed by atoms with Crippen molar-refractivity contribution >= 4 is 11.1 Å². The Balaban J connectivity index is 2.35. The summed E-state index contributed by atoms with van der Waals surface area (Å²) in [7, 11) is 0. The zero-order chi connectivity index (χ0) is 10.2. The number of alkyl halides is 3. The lowest BCUT2D eigenvalue weighted by atomic mass is 10.3. The smallest absolute Gasteiger partial charge is 0.443 e. The second-order valence-corrected chi connectivity index (χ2v) is 2.53. The van der Waals surface area contributed by atoms with Gasteiger partial charge >= 0.3 is 6.36 Å². The summed E-state index contributed by atoms with van der Waals surface area (Å²) in [6, 6.07) is 3.70. The first-order valence-corrected chi connectivity index (χ1v) is 3.63. The van der Waals surface area contributed by atoms with Crippen LogP contribution >= 0.6 is 0 Å². The zero-order valence-corrected chi connectivity index (χ0v) is 6.71. The molecule has 0 aliphatic heterocycles. The van der Waals surface area contributed by atoms with E-state index in [2.05, 4.69) is 9.72 Å². The molecule has 0 saturated heterocycles. The molecule has 0 aliphatic carbocycles. The first-order chi connectivity index (χ1) is 6.54. The Morgan fingerprint density at radius 1 is 1.29 bits per heavy atom. The highest BCUT2D eigenvalue weighted by molar-refractivity contribution is 5.73. The van der Waals surface area contributed by atoms with E-state index in [1.807, 2.05) is 0 Å². The first-order valence-electron chi connectivity index (χ1n) is 3.63. The highest BCUT2D eigenvalue weighted by Gasteiger charge is 2.31. The van der Waals surface area contributed by atoms with E-state index in [1.165, 1.54) is 12.1 Å². The number of benzene rings is 1. The summed E-state index contributed by atoms with van der Waals surface area (Å²) in [5.41, 5.74) is 0.742. The number of hydrogen-bond donors (Lipinski definition) is 0. The minimum Gasteiger partial charge on any atom is -0.443 e. The Morgan fingerprint density at radius 2 is 2.07 bits per heavy atom. The van der Waals surface area contributed by atoms with E-state index < -0.39 is 6.36 Å². The SMILES string of the molecule is FC(F)(F)Oc1ccc2ncoc2c1. The number of halogens is 3. The molecule has 2 rings (SSSR count). The average Bonchev–Trinajstić information content (AvgIpc) is 2.47. The first kappa shape index (κ1) is 8.86. The number of oxazole rings is 1. The minimum atomic E-state index is -4.69. The van der Waals surface area contributed by atoms with Crippen molar-refractivity contribution in [1.29, 1.82) is 0 Å². The third-order valence-corrected chi connectivity index (χ3v) is 1.54. The molecule has 0 N–H and O–H groups in total. The van der Waals surface area contributed by atoms with Crippen molar-refractivity contribution in [2.75, 3.05) is 0 Å². The van der Waals surface area contributed by atoms with Crippen molar-refractivity contribution in [3.63, 3.8) is 0 Å². The van der Waals surface area contributed by atoms with Crippen molar-refractivity contribution in [1.82, 2.24) is 4.98 Å². The van der Waals surface area contributed by atoms with Gasteiger partial charge in [0.1, 0.15) is 11.3 Å². The van der Waals surface area contributed by atoms with Gasteiger partial charge < -0.3 is 9.15 Å². The molecule has 3 nitrogen and oxygen atoms in total.